The Balaban J connectivity index is 2.02. The van der Waals surface area contributed by atoms with Crippen molar-refractivity contribution in [1.29, 1.82) is 0 Å². The molecule has 1 heterocycles. The average Bonchev–Trinajstić information content (AvgIpc) is 2.49. The standard InChI is InChI=1S/C17H17BrO2/c1-11-7-8-13(10-15(11)18)16(19)14-6-2-4-12-5-3-9-20-17(12)14/h2,4,6-8,10,16,19H,3,5,9H2,1H3. The maximum absolute atomic E-state index is 10.7. The third kappa shape index (κ3) is 2.48. The molecule has 1 N–H and O–H groups in total. The second kappa shape index (κ2) is 5.58. The number of benzene rings is 2. The lowest BCUT2D eigenvalue weighted by molar-refractivity contribution is 0.206. The van der Waals surface area contributed by atoms with Crippen LogP contribution >= 0.6 is 15.9 Å². The zero-order valence-corrected chi connectivity index (χ0v) is 13.0. The normalized spacial score (nSPS) is 15.3. The number of halogens is 1. The van der Waals surface area contributed by atoms with Crippen molar-refractivity contribution in [2.24, 2.45) is 0 Å². The minimum atomic E-state index is -0.653. The number of hydrogen-bond donors (Lipinski definition) is 1. The van der Waals surface area contributed by atoms with Crippen LogP contribution in [0.3, 0.4) is 0 Å². The lowest BCUT2D eigenvalue weighted by Crippen LogP contribution is -2.12. The Morgan fingerprint density at radius 3 is 2.90 bits per heavy atom. The highest BCUT2D eigenvalue weighted by atomic mass is 79.9. The van der Waals surface area contributed by atoms with E-state index in [2.05, 4.69) is 22.0 Å². The van der Waals surface area contributed by atoms with Crippen molar-refractivity contribution in [2.45, 2.75) is 25.9 Å². The summed E-state index contributed by atoms with van der Waals surface area (Å²) in [5, 5.41) is 10.7. The van der Waals surface area contributed by atoms with Gasteiger partial charge in [0.15, 0.2) is 0 Å². The van der Waals surface area contributed by atoms with Crippen molar-refractivity contribution < 1.29 is 9.84 Å². The van der Waals surface area contributed by atoms with E-state index in [4.69, 9.17) is 4.74 Å². The smallest absolute Gasteiger partial charge is 0.128 e. The molecular weight excluding hydrogens is 316 g/mol. The minimum absolute atomic E-state index is 0.653. The lowest BCUT2D eigenvalue weighted by atomic mass is 9.95. The molecule has 0 bridgehead atoms. The van der Waals surface area contributed by atoms with Crippen molar-refractivity contribution in [3.63, 3.8) is 0 Å². The van der Waals surface area contributed by atoms with Gasteiger partial charge in [-0.25, -0.2) is 0 Å². The average molecular weight is 333 g/mol. The van der Waals surface area contributed by atoms with E-state index in [-0.39, 0.29) is 0 Å². The summed E-state index contributed by atoms with van der Waals surface area (Å²) in [4.78, 5) is 0. The van der Waals surface area contributed by atoms with Crippen LogP contribution in [0.1, 0.15) is 34.8 Å². The Kier molecular flexibility index (Phi) is 3.81. The summed E-state index contributed by atoms with van der Waals surface area (Å²) in [7, 11) is 0. The van der Waals surface area contributed by atoms with Gasteiger partial charge in [0.2, 0.25) is 0 Å². The van der Waals surface area contributed by atoms with Crippen LogP contribution in [0.4, 0.5) is 0 Å². The summed E-state index contributed by atoms with van der Waals surface area (Å²) < 4.78 is 6.79. The van der Waals surface area contributed by atoms with Gasteiger partial charge in [-0.1, -0.05) is 46.3 Å². The highest BCUT2D eigenvalue weighted by Crippen LogP contribution is 2.36. The number of aliphatic hydroxyl groups is 1. The van der Waals surface area contributed by atoms with Crippen molar-refractivity contribution in [3.8, 4) is 5.75 Å². The van der Waals surface area contributed by atoms with E-state index in [0.717, 1.165) is 46.4 Å². The monoisotopic (exact) mass is 332 g/mol. The molecule has 1 atom stereocenters. The summed E-state index contributed by atoms with van der Waals surface area (Å²) in [6, 6.07) is 12.0. The van der Waals surface area contributed by atoms with Gasteiger partial charge >= 0.3 is 0 Å². The van der Waals surface area contributed by atoms with E-state index >= 15 is 0 Å². The molecule has 2 aromatic carbocycles. The SMILES string of the molecule is Cc1ccc(C(O)c2cccc3c2OCCC3)cc1Br. The quantitative estimate of drug-likeness (QED) is 0.894. The van der Waals surface area contributed by atoms with E-state index in [1.807, 2.05) is 37.3 Å². The molecule has 0 spiro atoms. The number of aryl methyl sites for hydroxylation is 2. The van der Waals surface area contributed by atoms with Crippen molar-refractivity contribution >= 4 is 15.9 Å². The van der Waals surface area contributed by atoms with Crippen LogP contribution in [0.2, 0.25) is 0 Å². The van der Waals surface area contributed by atoms with Gasteiger partial charge in [-0.15, -0.1) is 0 Å². The Morgan fingerprint density at radius 2 is 2.10 bits per heavy atom. The first-order valence-corrected chi connectivity index (χ1v) is 7.65. The zero-order chi connectivity index (χ0) is 14.1. The molecule has 0 aromatic heterocycles. The summed E-state index contributed by atoms with van der Waals surface area (Å²) in [6.07, 6.45) is 1.41. The molecular formula is C17H17BrO2. The van der Waals surface area contributed by atoms with Gasteiger partial charge in [-0.3, -0.25) is 0 Å². The summed E-state index contributed by atoms with van der Waals surface area (Å²) in [5.74, 6) is 0.864. The van der Waals surface area contributed by atoms with Gasteiger partial charge in [0.25, 0.3) is 0 Å². The van der Waals surface area contributed by atoms with Crippen LogP contribution in [0, 0.1) is 6.92 Å². The van der Waals surface area contributed by atoms with Crippen LogP contribution in [-0.2, 0) is 6.42 Å². The van der Waals surface area contributed by atoms with Gasteiger partial charge in [0.1, 0.15) is 11.9 Å². The predicted octanol–water partition coefficient (Wildman–Crippen LogP) is 4.16. The van der Waals surface area contributed by atoms with Crippen LogP contribution in [0.5, 0.6) is 5.75 Å². The van der Waals surface area contributed by atoms with E-state index in [1.165, 1.54) is 5.56 Å². The van der Waals surface area contributed by atoms with Gasteiger partial charge in [0.05, 0.1) is 6.61 Å². The molecule has 1 aliphatic rings. The highest BCUT2D eigenvalue weighted by molar-refractivity contribution is 9.10. The largest absolute Gasteiger partial charge is 0.493 e. The molecule has 1 aliphatic heterocycles. The fourth-order valence-electron chi connectivity index (χ4n) is 2.59. The highest BCUT2D eigenvalue weighted by Gasteiger charge is 2.20. The number of ether oxygens (including phenoxy) is 1. The van der Waals surface area contributed by atoms with E-state index in [9.17, 15) is 5.11 Å². The molecule has 1 unspecified atom stereocenters. The maximum Gasteiger partial charge on any atom is 0.128 e. The minimum Gasteiger partial charge on any atom is -0.493 e. The molecule has 104 valence electrons. The zero-order valence-electron chi connectivity index (χ0n) is 11.4. The van der Waals surface area contributed by atoms with Crippen LogP contribution < -0.4 is 4.74 Å². The molecule has 0 radical (unpaired) electrons. The van der Waals surface area contributed by atoms with Gasteiger partial charge in [0, 0.05) is 10.0 Å². The topological polar surface area (TPSA) is 29.5 Å². The second-order valence-electron chi connectivity index (χ2n) is 5.20. The molecule has 0 aliphatic carbocycles. The van der Waals surface area contributed by atoms with Gasteiger partial charge in [-0.2, -0.15) is 0 Å². The fourth-order valence-corrected chi connectivity index (χ4v) is 2.99. The van der Waals surface area contributed by atoms with Crippen molar-refractivity contribution in [1.82, 2.24) is 0 Å². The van der Waals surface area contributed by atoms with Gasteiger partial charge in [-0.05, 0) is 42.5 Å². The number of rotatable bonds is 2. The van der Waals surface area contributed by atoms with Crippen molar-refractivity contribution in [2.75, 3.05) is 6.61 Å². The molecule has 0 saturated heterocycles. The molecule has 0 saturated carbocycles. The first kappa shape index (κ1) is 13.7. The molecule has 2 nitrogen and oxygen atoms in total. The lowest BCUT2D eigenvalue weighted by Gasteiger charge is -2.23. The third-order valence-electron chi connectivity index (χ3n) is 3.77. The Bertz CT molecular complexity index is 637. The number of para-hydroxylation sites is 1. The Hall–Kier alpha value is -1.32. The van der Waals surface area contributed by atoms with E-state index < -0.39 is 6.10 Å². The molecule has 0 fully saturated rings. The second-order valence-corrected chi connectivity index (χ2v) is 6.05. The first-order valence-electron chi connectivity index (χ1n) is 6.85. The number of fused-ring (bicyclic) bond motifs is 1. The Morgan fingerprint density at radius 1 is 1.25 bits per heavy atom. The Labute approximate surface area is 127 Å². The summed E-state index contributed by atoms with van der Waals surface area (Å²) in [5.41, 5.74) is 4.09. The maximum atomic E-state index is 10.7. The van der Waals surface area contributed by atoms with E-state index in [0.29, 0.717) is 0 Å². The third-order valence-corrected chi connectivity index (χ3v) is 4.62. The summed E-state index contributed by atoms with van der Waals surface area (Å²) >= 11 is 3.52. The number of hydrogen-bond acceptors (Lipinski definition) is 2. The predicted molar refractivity (Wildman–Crippen MR) is 83.2 cm³/mol. The van der Waals surface area contributed by atoms with Crippen molar-refractivity contribution in [3.05, 3.63) is 63.1 Å². The molecule has 3 rings (SSSR count). The van der Waals surface area contributed by atoms with E-state index in [1.54, 1.807) is 0 Å². The number of aliphatic hydroxyl groups excluding tert-OH is 1. The first-order chi connectivity index (χ1) is 9.66. The van der Waals surface area contributed by atoms with Crippen LogP contribution in [0.15, 0.2) is 40.9 Å². The molecule has 20 heavy (non-hydrogen) atoms. The fraction of sp³-hybridized carbons (Fsp3) is 0.294. The van der Waals surface area contributed by atoms with Crippen LogP contribution in [0.25, 0.3) is 0 Å². The molecule has 2 aromatic rings. The summed E-state index contributed by atoms with van der Waals surface area (Å²) in [6.45, 7) is 2.77. The molecule has 3 heteroatoms. The molecule has 0 amide bonds. The van der Waals surface area contributed by atoms with Gasteiger partial charge < -0.3 is 9.84 Å². The van der Waals surface area contributed by atoms with Crippen LogP contribution in [-0.4, -0.2) is 11.7 Å².